The van der Waals surface area contributed by atoms with E-state index in [2.05, 4.69) is 5.32 Å². The summed E-state index contributed by atoms with van der Waals surface area (Å²) in [4.78, 5) is 34.5. The Kier molecular flexibility index (Phi) is 9.81. The highest BCUT2D eigenvalue weighted by atomic mass is 35.5. The summed E-state index contributed by atoms with van der Waals surface area (Å²) >= 11 is 11.9. The minimum Gasteiger partial charge on any atom is -0.493 e. The molecule has 2 aromatic carbocycles. The van der Waals surface area contributed by atoms with Crippen molar-refractivity contribution in [3.05, 3.63) is 64.1 Å². The van der Waals surface area contributed by atoms with Crippen molar-refractivity contribution in [3.63, 3.8) is 0 Å². The van der Waals surface area contributed by atoms with E-state index in [0.717, 1.165) is 5.56 Å². The predicted molar refractivity (Wildman–Crippen MR) is 121 cm³/mol. The number of nitrogens with one attached hydrogen (secondary N) is 1. The standard InChI is InChI=1S/C23H25Cl2NO6/c1-14(26-21(27)11-16(23(30)31)12-22(28)29)17(10-15-2-4-18(24)5-3-15)13-32-20-8-6-19(25)7-9-20/h2-9,14,16-17H,10-13H2,1H3,(H,26,27)(H,28,29)(H,30,31). The van der Waals surface area contributed by atoms with Crippen LogP contribution in [0.5, 0.6) is 5.75 Å². The second kappa shape index (κ2) is 12.3. The highest BCUT2D eigenvalue weighted by Gasteiger charge is 2.27. The molecule has 3 atom stereocenters. The Morgan fingerprint density at radius 3 is 2.03 bits per heavy atom. The van der Waals surface area contributed by atoms with Crippen LogP contribution in [0.15, 0.2) is 48.5 Å². The molecule has 172 valence electrons. The molecule has 0 spiro atoms. The van der Waals surface area contributed by atoms with Gasteiger partial charge in [0.1, 0.15) is 5.75 Å². The van der Waals surface area contributed by atoms with Crippen molar-refractivity contribution in [3.8, 4) is 5.75 Å². The molecule has 2 aromatic rings. The second-order valence-corrected chi connectivity index (χ2v) is 8.42. The molecule has 0 fully saturated rings. The summed E-state index contributed by atoms with van der Waals surface area (Å²) in [5, 5.41) is 22.0. The molecule has 0 aromatic heterocycles. The number of benzene rings is 2. The van der Waals surface area contributed by atoms with Crippen molar-refractivity contribution in [1.82, 2.24) is 5.32 Å². The lowest BCUT2D eigenvalue weighted by Gasteiger charge is -2.26. The van der Waals surface area contributed by atoms with Crippen LogP contribution in [0.25, 0.3) is 0 Å². The molecule has 0 bridgehead atoms. The fraction of sp³-hybridized carbons (Fsp3) is 0.348. The van der Waals surface area contributed by atoms with Crippen LogP contribution < -0.4 is 10.1 Å². The molecule has 0 aliphatic rings. The molecule has 0 radical (unpaired) electrons. The van der Waals surface area contributed by atoms with Crippen LogP contribution in [-0.2, 0) is 20.8 Å². The summed E-state index contributed by atoms with van der Waals surface area (Å²) in [5.74, 6) is -3.94. The summed E-state index contributed by atoms with van der Waals surface area (Å²) in [6.45, 7) is 2.08. The number of carbonyl (C=O) groups excluding carboxylic acids is 1. The van der Waals surface area contributed by atoms with Gasteiger partial charge in [0.2, 0.25) is 5.91 Å². The zero-order valence-electron chi connectivity index (χ0n) is 17.5. The summed E-state index contributed by atoms with van der Waals surface area (Å²) < 4.78 is 5.89. The van der Waals surface area contributed by atoms with Gasteiger partial charge in [0.05, 0.1) is 18.9 Å². The van der Waals surface area contributed by atoms with E-state index in [-0.39, 0.29) is 18.6 Å². The van der Waals surface area contributed by atoms with Gasteiger partial charge in [-0.05, 0) is 55.3 Å². The Morgan fingerprint density at radius 2 is 1.50 bits per heavy atom. The molecule has 3 unspecified atom stereocenters. The number of ether oxygens (including phenoxy) is 1. The van der Waals surface area contributed by atoms with Crippen molar-refractivity contribution in [2.24, 2.45) is 11.8 Å². The number of carboxylic acids is 2. The minimum absolute atomic E-state index is 0.154. The molecule has 0 saturated carbocycles. The molecule has 0 aliphatic carbocycles. The quantitative estimate of drug-likeness (QED) is 0.416. The molecule has 0 aliphatic heterocycles. The zero-order chi connectivity index (χ0) is 23.7. The van der Waals surface area contributed by atoms with Crippen molar-refractivity contribution in [2.75, 3.05) is 6.61 Å². The van der Waals surface area contributed by atoms with Gasteiger partial charge in [0, 0.05) is 28.4 Å². The lowest BCUT2D eigenvalue weighted by molar-refractivity contribution is -0.149. The highest BCUT2D eigenvalue weighted by Crippen LogP contribution is 2.20. The van der Waals surface area contributed by atoms with E-state index in [1.165, 1.54) is 0 Å². The van der Waals surface area contributed by atoms with Gasteiger partial charge in [-0.3, -0.25) is 14.4 Å². The van der Waals surface area contributed by atoms with Gasteiger partial charge < -0.3 is 20.3 Å². The molecule has 3 N–H and O–H groups in total. The van der Waals surface area contributed by atoms with E-state index in [1.54, 1.807) is 43.3 Å². The maximum atomic E-state index is 12.4. The first kappa shape index (κ1) is 25.5. The molecule has 1 amide bonds. The van der Waals surface area contributed by atoms with Crippen LogP contribution in [0.2, 0.25) is 10.0 Å². The number of hydrogen-bond acceptors (Lipinski definition) is 4. The summed E-state index contributed by atoms with van der Waals surface area (Å²) in [6.07, 6.45) is -0.466. The Bertz CT molecular complexity index is 917. The van der Waals surface area contributed by atoms with E-state index in [0.29, 0.717) is 22.2 Å². The van der Waals surface area contributed by atoms with Gasteiger partial charge in [-0.15, -0.1) is 0 Å². The smallest absolute Gasteiger partial charge is 0.307 e. The maximum Gasteiger partial charge on any atom is 0.307 e. The van der Waals surface area contributed by atoms with Crippen LogP contribution >= 0.6 is 23.2 Å². The molecular formula is C23H25Cl2NO6. The maximum absolute atomic E-state index is 12.4. The Hall–Kier alpha value is -2.77. The Morgan fingerprint density at radius 1 is 0.938 bits per heavy atom. The number of carbonyl (C=O) groups is 3. The minimum atomic E-state index is -1.32. The third-order valence-electron chi connectivity index (χ3n) is 4.99. The molecule has 7 nitrogen and oxygen atoms in total. The van der Waals surface area contributed by atoms with Gasteiger partial charge in [0.15, 0.2) is 0 Å². The molecular weight excluding hydrogens is 457 g/mol. The van der Waals surface area contributed by atoms with Crippen LogP contribution in [0.1, 0.15) is 25.3 Å². The van der Waals surface area contributed by atoms with E-state index in [4.69, 9.17) is 33.0 Å². The molecule has 9 heteroatoms. The first-order valence-corrected chi connectivity index (χ1v) is 10.8. The van der Waals surface area contributed by atoms with Gasteiger partial charge >= 0.3 is 11.9 Å². The number of hydrogen-bond donors (Lipinski definition) is 3. The van der Waals surface area contributed by atoms with E-state index in [9.17, 15) is 19.5 Å². The van der Waals surface area contributed by atoms with Crippen LogP contribution in [0, 0.1) is 11.8 Å². The van der Waals surface area contributed by atoms with Crippen molar-refractivity contribution < 1.29 is 29.3 Å². The van der Waals surface area contributed by atoms with E-state index in [1.807, 2.05) is 12.1 Å². The number of halogens is 2. The molecule has 0 saturated heterocycles. The SMILES string of the molecule is CC(NC(=O)CC(CC(=O)O)C(=O)O)C(COc1ccc(Cl)cc1)Cc1ccc(Cl)cc1. The van der Waals surface area contributed by atoms with Crippen LogP contribution in [0.4, 0.5) is 0 Å². The fourth-order valence-electron chi connectivity index (χ4n) is 3.15. The van der Waals surface area contributed by atoms with Gasteiger partial charge in [-0.2, -0.15) is 0 Å². The van der Waals surface area contributed by atoms with Crippen molar-refractivity contribution >= 4 is 41.0 Å². The number of rotatable bonds is 12. The summed E-state index contributed by atoms with van der Waals surface area (Å²) in [5.41, 5.74) is 0.995. The van der Waals surface area contributed by atoms with Crippen molar-refractivity contribution in [1.29, 1.82) is 0 Å². The molecule has 0 heterocycles. The molecule has 2 rings (SSSR count). The Labute approximate surface area is 196 Å². The number of aliphatic carboxylic acids is 2. The average molecular weight is 482 g/mol. The third kappa shape index (κ3) is 8.77. The van der Waals surface area contributed by atoms with Gasteiger partial charge in [-0.25, -0.2) is 0 Å². The fourth-order valence-corrected chi connectivity index (χ4v) is 3.40. The Balaban J connectivity index is 2.07. The number of amides is 1. The van der Waals surface area contributed by atoms with Gasteiger partial charge in [-0.1, -0.05) is 35.3 Å². The summed E-state index contributed by atoms with van der Waals surface area (Å²) in [6, 6.07) is 13.9. The lowest BCUT2D eigenvalue weighted by atomic mass is 9.93. The highest BCUT2D eigenvalue weighted by molar-refractivity contribution is 6.30. The normalized spacial score (nSPS) is 13.6. The third-order valence-corrected chi connectivity index (χ3v) is 5.49. The predicted octanol–water partition coefficient (Wildman–Crippen LogP) is 4.30. The zero-order valence-corrected chi connectivity index (χ0v) is 19.0. The largest absolute Gasteiger partial charge is 0.493 e. The first-order chi connectivity index (χ1) is 15.1. The second-order valence-electron chi connectivity index (χ2n) is 7.55. The first-order valence-electron chi connectivity index (χ1n) is 10.0. The average Bonchev–Trinajstić information content (AvgIpc) is 2.72. The lowest BCUT2D eigenvalue weighted by Crippen LogP contribution is -2.42. The van der Waals surface area contributed by atoms with Crippen LogP contribution in [0.3, 0.4) is 0 Å². The number of carboxylic acid groups (broad SMARTS) is 2. The van der Waals surface area contributed by atoms with E-state index < -0.39 is 36.6 Å². The van der Waals surface area contributed by atoms with Gasteiger partial charge in [0.25, 0.3) is 0 Å². The van der Waals surface area contributed by atoms with Crippen LogP contribution in [-0.4, -0.2) is 40.7 Å². The van der Waals surface area contributed by atoms with Crippen molar-refractivity contribution in [2.45, 2.75) is 32.2 Å². The van der Waals surface area contributed by atoms with E-state index >= 15 is 0 Å². The topological polar surface area (TPSA) is 113 Å². The monoisotopic (exact) mass is 481 g/mol. The summed E-state index contributed by atoms with van der Waals surface area (Å²) in [7, 11) is 0. The molecule has 32 heavy (non-hydrogen) atoms.